The summed E-state index contributed by atoms with van der Waals surface area (Å²) in [4.78, 5) is 33.3. The van der Waals surface area contributed by atoms with E-state index in [2.05, 4.69) is 6.92 Å². The van der Waals surface area contributed by atoms with E-state index in [-0.39, 0.29) is 22.9 Å². The monoisotopic (exact) mass is 493 g/mol. The average Bonchev–Trinajstić information content (AvgIpc) is 3.07. The first kappa shape index (κ1) is 24.2. The van der Waals surface area contributed by atoms with Crippen molar-refractivity contribution in [3.8, 4) is 11.6 Å². The normalized spacial score (nSPS) is 15.1. The SMILES string of the molecule is CCCCCN1C(=O)/C(=C\c2c(Oc3cccc(C)c3C)nc3c(C)cccn3c2=O)SC1=S. The van der Waals surface area contributed by atoms with Crippen LogP contribution in [0, 0.1) is 20.8 Å². The van der Waals surface area contributed by atoms with Gasteiger partial charge in [-0.15, -0.1) is 0 Å². The first-order valence-electron chi connectivity index (χ1n) is 11.3. The Morgan fingerprint density at radius 2 is 1.85 bits per heavy atom. The van der Waals surface area contributed by atoms with Crippen molar-refractivity contribution in [3.63, 3.8) is 0 Å². The summed E-state index contributed by atoms with van der Waals surface area (Å²) in [6.45, 7) is 8.55. The van der Waals surface area contributed by atoms with E-state index in [0.29, 0.717) is 27.2 Å². The quantitative estimate of drug-likeness (QED) is 0.235. The zero-order valence-electron chi connectivity index (χ0n) is 19.8. The maximum atomic E-state index is 13.5. The van der Waals surface area contributed by atoms with Gasteiger partial charge in [0, 0.05) is 12.7 Å². The summed E-state index contributed by atoms with van der Waals surface area (Å²) in [7, 11) is 0. The molecule has 0 radical (unpaired) electrons. The molecule has 0 bridgehead atoms. The summed E-state index contributed by atoms with van der Waals surface area (Å²) in [5, 5.41) is 0. The second-order valence-electron chi connectivity index (χ2n) is 8.36. The van der Waals surface area contributed by atoms with Gasteiger partial charge in [-0.05, 0) is 62.1 Å². The molecule has 0 spiro atoms. The van der Waals surface area contributed by atoms with Crippen LogP contribution in [0.5, 0.6) is 11.6 Å². The fourth-order valence-corrected chi connectivity index (χ4v) is 5.07. The molecule has 0 aliphatic carbocycles. The summed E-state index contributed by atoms with van der Waals surface area (Å²) in [6, 6.07) is 9.44. The number of fused-ring (bicyclic) bond motifs is 1. The molecule has 8 heteroatoms. The van der Waals surface area contributed by atoms with Gasteiger partial charge >= 0.3 is 0 Å². The predicted molar refractivity (Wildman–Crippen MR) is 142 cm³/mol. The number of aryl methyl sites for hydroxylation is 2. The van der Waals surface area contributed by atoms with Gasteiger partial charge in [0.1, 0.15) is 21.3 Å². The molecule has 1 aliphatic rings. The van der Waals surface area contributed by atoms with Crippen LogP contribution in [0.1, 0.15) is 48.4 Å². The third kappa shape index (κ3) is 4.65. The highest BCUT2D eigenvalue weighted by atomic mass is 32.2. The van der Waals surface area contributed by atoms with Crippen LogP contribution < -0.4 is 10.3 Å². The summed E-state index contributed by atoms with van der Waals surface area (Å²) >= 11 is 6.66. The molecule has 0 saturated carbocycles. The Bertz CT molecular complexity index is 1380. The van der Waals surface area contributed by atoms with Crippen LogP contribution in [0.2, 0.25) is 0 Å². The summed E-state index contributed by atoms with van der Waals surface area (Å²) < 4.78 is 8.20. The number of thioether (sulfide) groups is 1. The van der Waals surface area contributed by atoms with Crippen molar-refractivity contribution in [2.24, 2.45) is 0 Å². The van der Waals surface area contributed by atoms with E-state index in [1.165, 1.54) is 16.2 Å². The summed E-state index contributed by atoms with van der Waals surface area (Å²) in [6.07, 6.45) is 6.22. The Kier molecular flexibility index (Phi) is 7.19. The van der Waals surface area contributed by atoms with E-state index < -0.39 is 0 Å². The van der Waals surface area contributed by atoms with Crippen LogP contribution in [0.3, 0.4) is 0 Å². The first-order chi connectivity index (χ1) is 16.3. The number of unbranched alkanes of at least 4 members (excludes halogenated alkanes) is 2. The molecule has 0 N–H and O–H groups in total. The fourth-order valence-electron chi connectivity index (χ4n) is 3.78. The molecular weight excluding hydrogens is 466 g/mol. The number of aromatic nitrogens is 2. The molecule has 34 heavy (non-hydrogen) atoms. The standard InChI is InChI=1S/C26H27N3O3S2/c1-5-6-7-13-29-25(31)21(34-26(29)33)15-19-23(32-20-12-8-10-16(2)18(20)4)27-22-17(3)11-9-14-28(22)24(19)30/h8-12,14-15H,5-7,13H2,1-4H3/b21-15+. The Hall–Kier alpha value is -2.97. The summed E-state index contributed by atoms with van der Waals surface area (Å²) in [5.41, 5.74) is 3.31. The van der Waals surface area contributed by atoms with Gasteiger partial charge in [-0.2, -0.15) is 4.98 Å². The van der Waals surface area contributed by atoms with Gasteiger partial charge in [-0.3, -0.25) is 18.9 Å². The van der Waals surface area contributed by atoms with Gasteiger partial charge in [-0.25, -0.2) is 0 Å². The molecule has 1 amide bonds. The van der Waals surface area contributed by atoms with E-state index in [4.69, 9.17) is 21.9 Å². The number of ether oxygens (including phenoxy) is 1. The highest BCUT2D eigenvalue weighted by Crippen LogP contribution is 2.35. The van der Waals surface area contributed by atoms with Crippen LogP contribution in [0.15, 0.2) is 46.2 Å². The van der Waals surface area contributed by atoms with Crippen molar-refractivity contribution in [2.45, 2.75) is 47.0 Å². The molecule has 2 aromatic heterocycles. The molecule has 1 aromatic carbocycles. The van der Waals surface area contributed by atoms with Crippen LogP contribution in [0.4, 0.5) is 0 Å². The number of carbonyl (C=O) groups is 1. The smallest absolute Gasteiger partial charge is 0.269 e. The van der Waals surface area contributed by atoms with E-state index >= 15 is 0 Å². The van der Waals surface area contributed by atoms with Crippen molar-refractivity contribution in [1.29, 1.82) is 0 Å². The average molecular weight is 494 g/mol. The van der Waals surface area contributed by atoms with Gasteiger partial charge in [0.2, 0.25) is 5.88 Å². The number of carbonyl (C=O) groups excluding carboxylic acids is 1. The van der Waals surface area contributed by atoms with Crippen molar-refractivity contribution in [2.75, 3.05) is 6.54 Å². The Morgan fingerprint density at radius 3 is 2.62 bits per heavy atom. The minimum Gasteiger partial charge on any atom is -0.438 e. The number of hydrogen-bond acceptors (Lipinski definition) is 6. The van der Waals surface area contributed by atoms with E-state index in [1.54, 1.807) is 23.2 Å². The van der Waals surface area contributed by atoms with Crippen molar-refractivity contribution >= 4 is 45.9 Å². The molecule has 176 valence electrons. The zero-order valence-corrected chi connectivity index (χ0v) is 21.4. The Balaban J connectivity index is 1.83. The first-order valence-corrected chi connectivity index (χ1v) is 12.6. The van der Waals surface area contributed by atoms with Crippen molar-refractivity contribution in [3.05, 3.63) is 74.0 Å². The minimum absolute atomic E-state index is 0.171. The topological polar surface area (TPSA) is 63.9 Å². The number of rotatable bonds is 7. The fraction of sp³-hybridized carbons (Fsp3) is 0.308. The molecule has 6 nitrogen and oxygen atoms in total. The lowest BCUT2D eigenvalue weighted by Crippen LogP contribution is -2.29. The number of amides is 1. The van der Waals surface area contributed by atoms with Gasteiger partial charge in [0.25, 0.3) is 11.5 Å². The minimum atomic E-state index is -0.301. The number of hydrogen-bond donors (Lipinski definition) is 0. The summed E-state index contributed by atoms with van der Waals surface area (Å²) in [5.74, 6) is 0.605. The molecule has 3 heterocycles. The van der Waals surface area contributed by atoms with Crippen LogP contribution in [-0.2, 0) is 4.79 Å². The lowest BCUT2D eigenvalue weighted by atomic mass is 10.1. The molecule has 1 fully saturated rings. The van der Waals surface area contributed by atoms with E-state index in [0.717, 1.165) is 36.0 Å². The maximum Gasteiger partial charge on any atom is 0.269 e. The molecular formula is C26H27N3O3S2. The van der Waals surface area contributed by atoms with E-state index in [1.807, 2.05) is 45.0 Å². The van der Waals surface area contributed by atoms with Crippen molar-refractivity contribution < 1.29 is 9.53 Å². The van der Waals surface area contributed by atoms with Crippen LogP contribution >= 0.6 is 24.0 Å². The lowest BCUT2D eigenvalue weighted by molar-refractivity contribution is -0.122. The predicted octanol–water partition coefficient (Wildman–Crippen LogP) is 5.80. The molecule has 0 unspecified atom stereocenters. The second-order valence-corrected chi connectivity index (χ2v) is 10.0. The largest absolute Gasteiger partial charge is 0.438 e. The number of pyridine rings is 1. The van der Waals surface area contributed by atoms with Crippen molar-refractivity contribution in [1.82, 2.24) is 14.3 Å². The lowest BCUT2D eigenvalue weighted by Gasteiger charge is -2.14. The van der Waals surface area contributed by atoms with Crippen LogP contribution in [0.25, 0.3) is 11.7 Å². The van der Waals surface area contributed by atoms with Crippen LogP contribution in [-0.4, -0.2) is 31.1 Å². The van der Waals surface area contributed by atoms with Gasteiger partial charge in [-0.1, -0.05) is 61.9 Å². The zero-order chi connectivity index (χ0) is 24.4. The molecule has 4 rings (SSSR count). The molecule has 1 aliphatic heterocycles. The van der Waals surface area contributed by atoms with Gasteiger partial charge in [0.15, 0.2) is 0 Å². The highest BCUT2D eigenvalue weighted by molar-refractivity contribution is 8.26. The Labute approximate surface area is 208 Å². The highest BCUT2D eigenvalue weighted by Gasteiger charge is 2.32. The maximum absolute atomic E-state index is 13.5. The molecule has 1 saturated heterocycles. The number of thiocarbonyl (C=S) groups is 1. The molecule has 0 atom stereocenters. The number of nitrogens with zero attached hydrogens (tertiary/aromatic N) is 3. The third-order valence-electron chi connectivity index (χ3n) is 5.95. The molecule has 3 aromatic rings. The van der Waals surface area contributed by atoms with Gasteiger partial charge < -0.3 is 4.74 Å². The second kappa shape index (κ2) is 10.1. The Morgan fingerprint density at radius 1 is 1.09 bits per heavy atom. The third-order valence-corrected chi connectivity index (χ3v) is 7.32. The van der Waals surface area contributed by atoms with E-state index in [9.17, 15) is 9.59 Å². The van der Waals surface area contributed by atoms with Gasteiger partial charge in [0.05, 0.1) is 4.91 Å². The number of benzene rings is 1.